The van der Waals surface area contributed by atoms with Crippen molar-refractivity contribution in [3.8, 4) is 23.0 Å². The lowest BCUT2D eigenvalue weighted by Gasteiger charge is -2.28. The Morgan fingerprint density at radius 3 is 0.469 bits per heavy atom. The lowest BCUT2D eigenvalue weighted by molar-refractivity contribution is 0.0486. The van der Waals surface area contributed by atoms with Crippen LogP contribution in [0.2, 0.25) is 0 Å². The fourth-order valence-electron chi connectivity index (χ4n) is 16.9. The highest BCUT2D eigenvalue weighted by Gasteiger charge is 2.28. The van der Waals surface area contributed by atoms with Crippen LogP contribution < -0.4 is 18.9 Å². The van der Waals surface area contributed by atoms with E-state index in [1.807, 2.05) is 0 Å². The summed E-state index contributed by atoms with van der Waals surface area (Å²) in [6, 6.07) is 18.9. The molecule has 5 rings (SSSR count). The smallest absolute Gasteiger partial charge is 0.126 e. The molecule has 0 radical (unpaired) electrons. The molecule has 736 valence electrons. The summed E-state index contributed by atoms with van der Waals surface area (Å²) >= 11 is 0. The maximum atomic E-state index is 9.97. The van der Waals surface area contributed by atoms with Gasteiger partial charge in [0.25, 0.3) is 0 Å². The molecule has 0 aliphatic heterocycles. The molecule has 0 spiro atoms. The molecular weight excluding hydrogens is 1630 g/mol. The SMILES string of the molecule is CCCCCCCCCCOc1c2cc(CN(CCOCCO)CCOCCO)cc1Cc1cc(CN(CCOCCO)CCOCCO)cc(c1OCCCCCCCCCC)Cc1cc(CN(CCOCCO)CCOCCO)cc(c1OCCCCCCCCCC)Cc1cc(CN(CCOCCO)CCOCCO)cc(c1OCCCCCCCCCC)C2. The Hall–Kier alpha value is -4.72. The molecule has 0 unspecified atom stereocenters. The third kappa shape index (κ3) is 52.2. The van der Waals surface area contributed by atoms with Gasteiger partial charge >= 0.3 is 0 Å². The zero-order valence-corrected chi connectivity index (χ0v) is 80.6. The molecule has 8 bridgehead atoms. The van der Waals surface area contributed by atoms with Gasteiger partial charge < -0.3 is 97.7 Å². The van der Waals surface area contributed by atoms with Crippen molar-refractivity contribution in [2.45, 2.75) is 285 Å². The fraction of sp³-hybridized carbons (Fsp3) is 0.769. The highest BCUT2D eigenvalue weighted by molar-refractivity contribution is 5.59. The second-order valence-corrected chi connectivity index (χ2v) is 34.8. The van der Waals surface area contributed by atoms with E-state index < -0.39 is 0 Å². The van der Waals surface area contributed by atoms with Crippen LogP contribution >= 0.6 is 0 Å². The first-order valence-corrected chi connectivity index (χ1v) is 50.6. The molecule has 0 amide bonds. The molecule has 1 aliphatic rings. The van der Waals surface area contributed by atoms with Crippen LogP contribution in [-0.2, 0) is 89.8 Å². The Morgan fingerprint density at radius 2 is 0.328 bits per heavy atom. The van der Waals surface area contributed by atoms with E-state index in [2.05, 4.69) is 95.8 Å². The van der Waals surface area contributed by atoms with Gasteiger partial charge in [-0.2, -0.15) is 0 Å². The van der Waals surface area contributed by atoms with E-state index in [4.69, 9.17) is 56.8 Å². The van der Waals surface area contributed by atoms with E-state index in [1.54, 1.807) is 0 Å². The van der Waals surface area contributed by atoms with Crippen molar-refractivity contribution in [2.75, 3.05) is 237 Å². The maximum Gasteiger partial charge on any atom is 0.126 e. The molecule has 0 aromatic heterocycles. The molecule has 0 fully saturated rings. The summed E-state index contributed by atoms with van der Waals surface area (Å²) in [5, 5.41) is 79.7. The second-order valence-electron chi connectivity index (χ2n) is 34.8. The molecule has 8 N–H and O–H groups in total. The van der Waals surface area contributed by atoms with E-state index in [-0.39, 0.29) is 106 Å². The highest BCUT2D eigenvalue weighted by atomic mass is 16.5. The summed E-state index contributed by atoms with van der Waals surface area (Å²) in [4.78, 5) is 9.38. The van der Waals surface area contributed by atoms with Crippen LogP contribution in [0.1, 0.15) is 300 Å². The van der Waals surface area contributed by atoms with Crippen LogP contribution in [0, 0.1) is 0 Å². The zero-order chi connectivity index (χ0) is 91.4. The van der Waals surface area contributed by atoms with E-state index in [0.29, 0.717) is 184 Å². The molecule has 0 saturated carbocycles. The van der Waals surface area contributed by atoms with Crippen molar-refractivity contribution in [3.63, 3.8) is 0 Å². The van der Waals surface area contributed by atoms with Gasteiger partial charge in [0.1, 0.15) is 23.0 Å². The van der Waals surface area contributed by atoms with Crippen molar-refractivity contribution in [2.24, 2.45) is 0 Å². The molecule has 1 aliphatic carbocycles. The Labute approximate surface area is 774 Å². The third-order valence-corrected chi connectivity index (χ3v) is 23.6. The highest BCUT2D eigenvalue weighted by Crippen LogP contribution is 2.43. The molecule has 0 saturated heterocycles. The predicted molar refractivity (Wildman–Crippen MR) is 514 cm³/mol. The van der Waals surface area contributed by atoms with Crippen LogP contribution in [0.5, 0.6) is 23.0 Å². The topological polar surface area (TPSA) is 286 Å². The average molecular weight is 1810 g/mol. The van der Waals surface area contributed by atoms with Gasteiger partial charge in [0.05, 0.1) is 185 Å². The Balaban J connectivity index is 2.09. The molecule has 4 aromatic rings. The van der Waals surface area contributed by atoms with Crippen molar-refractivity contribution in [3.05, 3.63) is 115 Å². The lowest BCUT2D eigenvalue weighted by atomic mass is 9.88. The monoisotopic (exact) mass is 1810 g/mol. The Morgan fingerprint density at radius 1 is 0.188 bits per heavy atom. The minimum atomic E-state index is -0.0899. The van der Waals surface area contributed by atoms with E-state index in [1.165, 1.54) is 128 Å². The van der Waals surface area contributed by atoms with E-state index >= 15 is 0 Å². The largest absolute Gasteiger partial charge is 0.493 e. The first kappa shape index (κ1) is 114. The van der Waals surface area contributed by atoms with E-state index in [0.717, 1.165) is 167 Å². The van der Waals surface area contributed by atoms with Gasteiger partial charge in [-0.05, 0) is 92.4 Å². The van der Waals surface area contributed by atoms with Crippen LogP contribution in [-0.4, -0.2) is 298 Å². The quantitative estimate of drug-likeness (QED) is 0.0168. The Kier molecular flexibility index (Phi) is 69.9. The number of aliphatic hydroxyl groups excluding tert-OH is 8. The molecule has 24 nitrogen and oxygen atoms in total. The van der Waals surface area contributed by atoms with Gasteiger partial charge in [0.15, 0.2) is 0 Å². The molecule has 24 heteroatoms. The summed E-state index contributed by atoms with van der Waals surface area (Å²) in [6.45, 7) is 21.6. The molecular formula is C104H180N4O20. The summed E-state index contributed by atoms with van der Waals surface area (Å²) in [5.74, 6) is 3.34. The number of nitrogens with zero attached hydrogens (tertiary/aromatic N) is 4. The number of aliphatic hydroxyl groups is 8. The van der Waals surface area contributed by atoms with Crippen LogP contribution in [0.4, 0.5) is 0 Å². The molecule has 128 heavy (non-hydrogen) atoms. The van der Waals surface area contributed by atoms with Gasteiger partial charge in [-0.3, -0.25) is 19.6 Å². The zero-order valence-electron chi connectivity index (χ0n) is 80.6. The van der Waals surface area contributed by atoms with Crippen LogP contribution in [0.15, 0.2) is 48.5 Å². The predicted octanol–water partition coefficient (Wildman–Crippen LogP) is 15.7. The standard InChI is InChI=1S/C104H180N4O20/c1-5-9-13-17-21-25-29-33-53-125-101-93-73-89(85-105(37-57-117-65-45-109)38-58-118-66-46-110)74-94(101)82-96-76-91(87-107(41-61-121-69-49-113)42-62-122-70-50-114)78-98(103(96)127-55-35-31-27-23-19-15-11-7-3)84-100-80-92(88-108(43-63-123-71-51-115)44-64-124-72-52-116)79-99(104(100)128-56-36-32-28-24-20-16-12-8-4)83-97-77-90(86-106(39-59-119-67-47-111)40-60-120-68-48-112)75-95(81-93)102(97)126-54-34-30-26-22-18-14-10-6-2/h73-80,109-116H,5-72,81-88H2,1-4H3. The summed E-state index contributed by atoms with van der Waals surface area (Å²) in [5.41, 5.74) is 12.4. The number of rotatable bonds is 88. The van der Waals surface area contributed by atoms with Gasteiger partial charge in [-0.15, -0.1) is 0 Å². The van der Waals surface area contributed by atoms with Gasteiger partial charge in [-0.1, -0.05) is 256 Å². The summed E-state index contributed by atoms with van der Waals surface area (Å²) < 4.78 is 79.0. The van der Waals surface area contributed by atoms with Crippen molar-refractivity contribution >= 4 is 0 Å². The van der Waals surface area contributed by atoms with Crippen molar-refractivity contribution in [1.29, 1.82) is 0 Å². The molecule has 0 atom stereocenters. The van der Waals surface area contributed by atoms with Crippen LogP contribution in [0.25, 0.3) is 0 Å². The first-order chi connectivity index (χ1) is 63.1. The van der Waals surface area contributed by atoms with Crippen molar-refractivity contribution in [1.82, 2.24) is 19.6 Å². The summed E-state index contributed by atoms with van der Waals surface area (Å²) in [6.07, 6.45) is 38.3. The average Bonchev–Trinajstić information content (AvgIpc) is 0.770. The molecule has 4 aromatic carbocycles. The normalized spacial score (nSPS) is 12.4. The summed E-state index contributed by atoms with van der Waals surface area (Å²) in [7, 11) is 0. The minimum absolute atomic E-state index is 0.0899. The number of hydrogen-bond acceptors (Lipinski definition) is 24. The fourth-order valence-corrected chi connectivity index (χ4v) is 16.9. The number of hydrogen-bond donors (Lipinski definition) is 8. The minimum Gasteiger partial charge on any atom is -0.493 e. The first-order valence-electron chi connectivity index (χ1n) is 50.6. The third-order valence-electron chi connectivity index (χ3n) is 23.6. The number of ether oxygens (including phenoxy) is 12. The second kappa shape index (κ2) is 78.6. The lowest BCUT2D eigenvalue weighted by Crippen LogP contribution is -2.31. The van der Waals surface area contributed by atoms with E-state index in [9.17, 15) is 40.9 Å². The van der Waals surface area contributed by atoms with Gasteiger partial charge in [0.2, 0.25) is 0 Å². The molecule has 0 heterocycles. The van der Waals surface area contributed by atoms with Gasteiger partial charge in [0, 0.05) is 104 Å². The Bertz CT molecular complexity index is 2720. The maximum absolute atomic E-state index is 9.97. The number of fused-ring (bicyclic) bond motifs is 8. The van der Waals surface area contributed by atoms with Gasteiger partial charge in [-0.25, -0.2) is 0 Å². The van der Waals surface area contributed by atoms with Crippen LogP contribution in [0.3, 0.4) is 0 Å². The van der Waals surface area contributed by atoms with Crippen molar-refractivity contribution < 1.29 is 97.7 Å². The number of benzene rings is 4. The number of unbranched alkanes of at least 4 members (excludes halogenated alkanes) is 28.